The van der Waals surface area contributed by atoms with Crippen molar-refractivity contribution in [1.29, 1.82) is 0 Å². The zero-order valence-corrected chi connectivity index (χ0v) is 13.7. The van der Waals surface area contributed by atoms with Crippen LogP contribution in [-0.4, -0.2) is 58.4 Å². The van der Waals surface area contributed by atoms with Gasteiger partial charge in [0.25, 0.3) is 5.91 Å². The van der Waals surface area contributed by atoms with E-state index in [0.717, 1.165) is 39.1 Å². The molecule has 1 aromatic heterocycles. The zero-order valence-electron chi connectivity index (χ0n) is 13.7. The van der Waals surface area contributed by atoms with Crippen molar-refractivity contribution < 1.29 is 4.79 Å². The van der Waals surface area contributed by atoms with Crippen molar-refractivity contribution in [3.05, 3.63) is 66.3 Å². The summed E-state index contributed by atoms with van der Waals surface area (Å²) >= 11 is 0. The summed E-state index contributed by atoms with van der Waals surface area (Å²) < 4.78 is 0. The van der Waals surface area contributed by atoms with E-state index in [0.29, 0.717) is 5.69 Å². The Balaban J connectivity index is 1.41. The quantitative estimate of drug-likeness (QED) is 0.848. The molecule has 0 N–H and O–H groups in total. The third-order valence-corrected chi connectivity index (χ3v) is 4.16. The van der Waals surface area contributed by atoms with Crippen LogP contribution in [0.2, 0.25) is 0 Å². The Labute approximate surface area is 142 Å². The topological polar surface area (TPSA) is 49.3 Å². The van der Waals surface area contributed by atoms with Gasteiger partial charge in [0, 0.05) is 45.1 Å². The summed E-state index contributed by atoms with van der Waals surface area (Å²) in [7, 11) is 0. The summed E-state index contributed by atoms with van der Waals surface area (Å²) in [4.78, 5) is 24.6. The number of carbonyl (C=O) groups is 1. The number of nitrogens with zero attached hydrogens (tertiary/aromatic N) is 4. The van der Waals surface area contributed by atoms with E-state index in [4.69, 9.17) is 0 Å². The Morgan fingerprint density at radius 1 is 1.08 bits per heavy atom. The Hall–Kier alpha value is -2.53. The van der Waals surface area contributed by atoms with Crippen molar-refractivity contribution in [2.75, 3.05) is 32.7 Å². The van der Waals surface area contributed by atoms with Gasteiger partial charge in [0.2, 0.25) is 0 Å². The van der Waals surface area contributed by atoms with Crippen molar-refractivity contribution in [2.45, 2.75) is 6.42 Å². The average molecular weight is 322 g/mol. The van der Waals surface area contributed by atoms with Gasteiger partial charge >= 0.3 is 0 Å². The lowest BCUT2D eigenvalue weighted by Gasteiger charge is -2.34. The van der Waals surface area contributed by atoms with Crippen LogP contribution >= 0.6 is 0 Å². The SMILES string of the molecule is O=C(c1cnccn1)N1CCN(CC/C=C/c2ccccc2)CC1. The zero-order chi connectivity index (χ0) is 16.6. The molecule has 0 bridgehead atoms. The van der Waals surface area contributed by atoms with Gasteiger partial charge in [-0.05, 0) is 12.0 Å². The third-order valence-electron chi connectivity index (χ3n) is 4.16. The standard InChI is InChI=1S/C19H22N4O/c24-19(18-16-20-9-10-21-18)23-14-12-22(13-15-23)11-5-4-8-17-6-2-1-3-7-17/h1-4,6-10,16H,5,11-15H2/b8-4+. The Morgan fingerprint density at radius 2 is 1.88 bits per heavy atom. The molecule has 1 aliphatic heterocycles. The summed E-state index contributed by atoms with van der Waals surface area (Å²) in [5, 5.41) is 0. The molecule has 0 atom stereocenters. The number of benzene rings is 1. The molecule has 2 aromatic rings. The highest BCUT2D eigenvalue weighted by Gasteiger charge is 2.22. The first-order chi connectivity index (χ1) is 11.8. The van der Waals surface area contributed by atoms with Crippen LogP contribution in [0.15, 0.2) is 55.0 Å². The van der Waals surface area contributed by atoms with E-state index in [1.807, 2.05) is 23.1 Å². The van der Waals surface area contributed by atoms with Gasteiger partial charge in [-0.3, -0.25) is 14.7 Å². The molecule has 3 rings (SSSR count). The smallest absolute Gasteiger partial charge is 0.274 e. The summed E-state index contributed by atoms with van der Waals surface area (Å²) in [6.45, 7) is 4.34. The van der Waals surface area contributed by atoms with Gasteiger partial charge in [0.05, 0.1) is 6.20 Å². The first-order valence-electron chi connectivity index (χ1n) is 8.32. The number of amides is 1. The van der Waals surface area contributed by atoms with Crippen LogP contribution in [0.4, 0.5) is 0 Å². The van der Waals surface area contributed by atoms with Crippen LogP contribution in [-0.2, 0) is 0 Å². The summed E-state index contributed by atoms with van der Waals surface area (Å²) in [5.74, 6) is -0.0216. The van der Waals surface area contributed by atoms with E-state index in [2.05, 4.69) is 39.2 Å². The fourth-order valence-electron chi connectivity index (χ4n) is 2.79. The van der Waals surface area contributed by atoms with E-state index in [9.17, 15) is 4.79 Å². The Morgan fingerprint density at radius 3 is 2.58 bits per heavy atom. The molecule has 0 spiro atoms. The highest BCUT2D eigenvalue weighted by molar-refractivity contribution is 5.92. The second-order valence-electron chi connectivity index (χ2n) is 5.83. The number of piperazine rings is 1. The van der Waals surface area contributed by atoms with Crippen molar-refractivity contribution in [1.82, 2.24) is 19.8 Å². The van der Waals surface area contributed by atoms with Crippen molar-refractivity contribution in [3.8, 4) is 0 Å². The number of hydrogen-bond acceptors (Lipinski definition) is 4. The summed E-state index contributed by atoms with van der Waals surface area (Å²) in [6, 6.07) is 10.3. The largest absolute Gasteiger partial charge is 0.335 e. The number of rotatable bonds is 5. The molecule has 1 fully saturated rings. The maximum atomic E-state index is 12.3. The molecule has 0 radical (unpaired) electrons. The molecule has 1 aliphatic rings. The van der Waals surface area contributed by atoms with Gasteiger partial charge in [-0.15, -0.1) is 0 Å². The fourth-order valence-corrected chi connectivity index (χ4v) is 2.79. The van der Waals surface area contributed by atoms with Crippen LogP contribution in [0.5, 0.6) is 0 Å². The number of carbonyl (C=O) groups excluding carboxylic acids is 1. The van der Waals surface area contributed by atoms with Crippen molar-refractivity contribution in [2.24, 2.45) is 0 Å². The van der Waals surface area contributed by atoms with Crippen LogP contribution in [0.25, 0.3) is 6.08 Å². The van der Waals surface area contributed by atoms with Gasteiger partial charge in [-0.1, -0.05) is 42.5 Å². The lowest BCUT2D eigenvalue weighted by molar-refractivity contribution is 0.0633. The second-order valence-corrected chi connectivity index (χ2v) is 5.83. The molecule has 0 saturated carbocycles. The van der Waals surface area contributed by atoms with Gasteiger partial charge in [0.15, 0.2) is 0 Å². The molecule has 0 unspecified atom stereocenters. The normalized spacial score (nSPS) is 15.8. The Bertz CT molecular complexity index is 664. The number of aromatic nitrogens is 2. The lowest BCUT2D eigenvalue weighted by atomic mass is 10.2. The van der Waals surface area contributed by atoms with E-state index in [1.165, 1.54) is 11.8 Å². The lowest BCUT2D eigenvalue weighted by Crippen LogP contribution is -2.49. The molecule has 0 aliphatic carbocycles. The minimum atomic E-state index is -0.0216. The molecule has 1 aromatic carbocycles. The molecule has 5 nitrogen and oxygen atoms in total. The monoisotopic (exact) mass is 322 g/mol. The van der Waals surface area contributed by atoms with Gasteiger partial charge in [-0.25, -0.2) is 4.98 Å². The molecular formula is C19H22N4O. The van der Waals surface area contributed by atoms with Crippen LogP contribution in [0.3, 0.4) is 0 Å². The van der Waals surface area contributed by atoms with E-state index in [1.54, 1.807) is 12.4 Å². The molecule has 2 heterocycles. The predicted molar refractivity (Wildman–Crippen MR) is 94.5 cm³/mol. The van der Waals surface area contributed by atoms with E-state index >= 15 is 0 Å². The highest BCUT2D eigenvalue weighted by atomic mass is 16.2. The molecule has 5 heteroatoms. The van der Waals surface area contributed by atoms with E-state index < -0.39 is 0 Å². The first-order valence-corrected chi connectivity index (χ1v) is 8.32. The first kappa shape index (κ1) is 16.3. The van der Waals surface area contributed by atoms with Crippen molar-refractivity contribution >= 4 is 12.0 Å². The highest BCUT2D eigenvalue weighted by Crippen LogP contribution is 2.08. The van der Waals surface area contributed by atoms with Gasteiger partial charge < -0.3 is 4.90 Å². The van der Waals surface area contributed by atoms with E-state index in [-0.39, 0.29) is 5.91 Å². The predicted octanol–water partition coefficient (Wildman–Crippen LogP) is 2.34. The van der Waals surface area contributed by atoms with Crippen molar-refractivity contribution in [3.63, 3.8) is 0 Å². The summed E-state index contributed by atoms with van der Waals surface area (Å²) in [5.41, 5.74) is 1.66. The summed E-state index contributed by atoms with van der Waals surface area (Å²) in [6.07, 6.45) is 10.1. The van der Waals surface area contributed by atoms with Crippen LogP contribution < -0.4 is 0 Å². The fraction of sp³-hybridized carbons (Fsp3) is 0.316. The van der Waals surface area contributed by atoms with Crippen LogP contribution in [0.1, 0.15) is 22.5 Å². The maximum absolute atomic E-state index is 12.3. The molecule has 124 valence electrons. The minimum Gasteiger partial charge on any atom is -0.335 e. The number of hydrogen-bond donors (Lipinski definition) is 0. The maximum Gasteiger partial charge on any atom is 0.274 e. The average Bonchev–Trinajstić information content (AvgIpc) is 2.67. The minimum absolute atomic E-state index is 0.0216. The third kappa shape index (κ3) is 4.49. The molecule has 1 amide bonds. The van der Waals surface area contributed by atoms with Gasteiger partial charge in [-0.2, -0.15) is 0 Å². The Kier molecular flexibility index (Phi) is 5.69. The molecule has 24 heavy (non-hydrogen) atoms. The second kappa shape index (κ2) is 8.36. The molecular weight excluding hydrogens is 300 g/mol. The van der Waals surface area contributed by atoms with Crippen LogP contribution in [0, 0.1) is 0 Å². The molecule has 1 saturated heterocycles. The van der Waals surface area contributed by atoms with Gasteiger partial charge in [0.1, 0.15) is 5.69 Å².